The lowest BCUT2D eigenvalue weighted by atomic mass is 9.89. The van der Waals surface area contributed by atoms with Gasteiger partial charge >= 0.3 is 11.9 Å². The predicted octanol–water partition coefficient (Wildman–Crippen LogP) is 3.14. The molecule has 0 amide bonds. The van der Waals surface area contributed by atoms with Crippen molar-refractivity contribution in [1.29, 1.82) is 0 Å². The Hall–Kier alpha value is -2.90. The highest BCUT2D eigenvalue weighted by molar-refractivity contribution is 5.94. The summed E-state index contributed by atoms with van der Waals surface area (Å²) in [6.07, 6.45) is 5.00. The zero-order valence-corrected chi connectivity index (χ0v) is 15.5. The van der Waals surface area contributed by atoms with Crippen molar-refractivity contribution < 1.29 is 23.8 Å². The summed E-state index contributed by atoms with van der Waals surface area (Å²) in [4.78, 5) is 24.4. The molecule has 1 heterocycles. The molecule has 0 bridgehead atoms. The number of carbonyl (C=O) groups excluding carboxylic acids is 2. The van der Waals surface area contributed by atoms with Gasteiger partial charge in [-0.2, -0.15) is 10.3 Å². The Bertz CT molecular complexity index is 811. The Kier molecular flexibility index (Phi) is 6.05. The molecule has 1 aliphatic rings. The van der Waals surface area contributed by atoms with Crippen LogP contribution in [0.25, 0.3) is 11.3 Å². The Balaban J connectivity index is 1.82. The van der Waals surface area contributed by atoms with Crippen LogP contribution in [0.15, 0.2) is 18.2 Å². The zero-order valence-electron chi connectivity index (χ0n) is 15.5. The van der Waals surface area contributed by atoms with Crippen LogP contribution < -0.4 is 9.47 Å². The molecule has 1 N–H and O–H groups in total. The van der Waals surface area contributed by atoms with E-state index in [1.54, 1.807) is 25.1 Å². The molecular weight excluding hydrogens is 350 g/mol. The van der Waals surface area contributed by atoms with Gasteiger partial charge in [-0.15, -0.1) is 5.10 Å². The van der Waals surface area contributed by atoms with Gasteiger partial charge in [0.05, 0.1) is 19.6 Å². The van der Waals surface area contributed by atoms with Gasteiger partial charge in [0.25, 0.3) is 0 Å². The molecule has 1 aromatic carbocycles. The lowest BCUT2D eigenvalue weighted by molar-refractivity contribution is -0.140. The number of methoxy groups -OCH3 is 1. The third kappa shape index (κ3) is 4.27. The van der Waals surface area contributed by atoms with Gasteiger partial charge in [-0.1, -0.05) is 19.3 Å². The first-order valence-electron chi connectivity index (χ1n) is 9.12. The Morgan fingerprint density at radius 1 is 1.15 bits per heavy atom. The van der Waals surface area contributed by atoms with Crippen molar-refractivity contribution in [3.8, 4) is 22.8 Å². The van der Waals surface area contributed by atoms with Crippen LogP contribution >= 0.6 is 0 Å². The minimum atomic E-state index is -0.562. The summed E-state index contributed by atoms with van der Waals surface area (Å²) in [5, 5.41) is 10.3. The van der Waals surface area contributed by atoms with Crippen LogP contribution in [-0.2, 0) is 9.53 Å². The molecule has 0 unspecified atom stereocenters. The summed E-state index contributed by atoms with van der Waals surface area (Å²) in [6, 6.07) is 5.00. The van der Waals surface area contributed by atoms with E-state index in [9.17, 15) is 9.59 Å². The summed E-state index contributed by atoms with van der Waals surface area (Å²) in [5.74, 6) is -0.121. The predicted molar refractivity (Wildman–Crippen MR) is 96.5 cm³/mol. The number of nitrogens with one attached hydrogen (secondary N) is 1. The van der Waals surface area contributed by atoms with Gasteiger partial charge < -0.3 is 14.2 Å². The van der Waals surface area contributed by atoms with Crippen molar-refractivity contribution in [2.45, 2.75) is 39.0 Å². The molecule has 8 heteroatoms. The fraction of sp³-hybridized carbons (Fsp3) is 0.474. The van der Waals surface area contributed by atoms with E-state index < -0.39 is 5.97 Å². The monoisotopic (exact) mass is 373 g/mol. The number of ether oxygens (including phenoxy) is 3. The maximum Gasteiger partial charge on any atom is 0.361 e. The topological polar surface area (TPSA) is 103 Å². The van der Waals surface area contributed by atoms with Crippen LogP contribution in [0.3, 0.4) is 0 Å². The molecule has 144 valence electrons. The molecule has 0 aliphatic heterocycles. The number of H-pyrrole nitrogens is 1. The number of esters is 2. The molecule has 0 saturated heterocycles. The van der Waals surface area contributed by atoms with E-state index in [2.05, 4.69) is 15.4 Å². The van der Waals surface area contributed by atoms with Gasteiger partial charge in [-0.25, -0.2) is 4.79 Å². The van der Waals surface area contributed by atoms with Crippen molar-refractivity contribution in [1.82, 2.24) is 15.4 Å². The molecule has 1 aromatic heterocycles. The van der Waals surface area contributed by atoms with Crippen LogP contribution in [0.4, 0.5) is 0 Å². The van der Waals surface area contributed by atoms with E-state index in [4.69, 9.17) is 14.2 Å². The number of hydrogen-bond donors (Lipinski definition) is 1. The molecule has 0 radical (unpaired) electrons. The molecule has 1 aliphatic carbocycles. The number of benzene rings is 1. The lowest BCUT2D eigenvalue weighted by Gasteiger charge is -2.20. The molecule has 1 saturated carbocycles. The lowest BCUT2D eigenvalue weighted by Crippen LogP contribution is -2.22. The van der Waals surface area contributed by atoms with E-state index in [0.717, 1.165) is 25.7 Å². The molecule has 0 spiro atoms. The molecule has 3 rings (SSSR count). The fourth-order valence-corrected chi connectivity index (χ4v) is 3.20. The number of hydrogen-bond acceptors (Lipinski definition) is 7. The number of aromatic nitrogens is 3. The summed E-state index contributed by atoms with van der Waals surface area (Å²) >= 11 is 0. The summed E-state index contributed by atoms with van der Waals surface area (Å²) in [7, 11) is 1.49. The minimum absolute atomic E-state index is 0.0610. The summed E-state index contributed by atoms with van der Waals surface area (Å²) < 4.78 is 15.9. The molecular formula is C19H23N3O5. The Morgan fingerprint density at radius 3 is 2.63 bits per heavy atom. The summed E-state index contributed by atoms with van der Waals surface area (Å²) in [6.45, 7) is 1.96. The van der Waals surface area contributed by atoms with E-state index in [-0.39, 0.29) is 24.2 Å². The fourth-order valence-electron chi connectivity index (χ4n) is 3.20. The number of aromatic amines is 1. The van der Waals surface area contributed by atoms with Gasteiger partial charge in [0, 0.05) is 5.56 Å². The van der Waals surface area contributed by atoms with Gasteiger partial charge in [0.1, 0.15) is 5.69 Å². The van der Waals surface area contributed by atoms with Gasteiger partial charge in [-0.05, 0) is 38.0 Å². The van der Waals surface area contributed by atoms with Gasteiger partial charge in [0.2, 0.25) is 0 Å². The van der Waals surface area contributed by atoms with E-state index in [0.29, 0.717) is 22.8 Å². The highest BCUT2D eigenvalue weighted by atomic mass is 16.6. The van der Waals surface area contributed by atoms with Crippen molar-refractivity contribution in [2.75, 3.05) is 13.7 Å². The maximum atomic E-state index is 12.4. The van der Waals surface area contributed by atoms with Crippen molar-refractivity contribution >= 4 is 11.9 Å². The first-order valence-corrected chi connectivity index (χ1v) is 9.12. The Morgan fingerprint density at radius 2 is 1.93 bits per heavy atom. The molecule has 2 aromatic rings. The maximum absolute atomic E-state index is 12.4. The van der Waals surface area contributed by atoms with E-state index in [1.165, 1.54) is 13.5 Å². The third-order valence-corrected chi connectivity index (χ3v) is 4.60. The highest BCUT2D eigenvalue weighted by Crippen LogP contribution is 2.34. The SMILES string of the molecule is CCOC(=O)c1n[nH]nc1-c1ccc(OC(=O)C2CCCCC2)c(OC)c1. The van der Waals surface area contributed by atoms with Crippen LogP contribution in [0, 0.1) is 5.92 Å². The van der Waals surface area contributed by atoms with Crippen molar-refractivity contribution in [2.24, 2.45) is 5.92 Å². The van der Waals surface area contributed by atoms with Crippen molar-refractivity contribution in [3.05, 3.63) is 23.9 Å². The summed E-state index contributed by atoms with van der Waals surface area (Å²) in [5.41, 5.74) is 1.03. The molecule has 8 nitrogen and oxygen atoms in total. The van der Waals surface area contributed by atoms with Crippen LogP contribution in [0.5, 0.6) is 11.5 Å². The largest absolute Gasteiger partial charge is 0.493 e. The minimum Gasteiger partial charge on any atom is -0.493 e. The second-order valence-corrected chi connectivity index (χ2v) is 6.36. The first kappa shape index (κ1) is 18.9. The second-order valence-electron chi connectivity index (χ2n) is 6.36. The van der Waals surface area contributed by atoms with Gasteiger partial charge in [-0.3, -0.25) is 4.79 Å². The normalized spacial score (nSPS) is 14.6. The molecule has 27 heavy (non-hydrogen) atoms. The Labute approximate surface area is 157 Å². The highest BCUT2D eigenvalue weighted by Gasteiger charge is 2.25. The zero-order chi connectivity index (χ0) is 19.2. The standard InChI is InChI=1S/C19H23N3O5/c1-3-26-19(24)17-16(20-22-21-17)13-9-10-14(15(11-13)25-2)27-18(23)12-7-5-4-6-8-12/h9-12H,3-8H2,1-2H3,(H,20,21,22). The smallest absolute Gasteiger partial charge is 0.361 e. The quantitative estimate of drug-likeness (QED) is 0.613. The van der Waals surface area contributed by atoms with E-state index >= 15 is 0 Å². The average molecular weight is 373 g/mol. The molecule has 0 atom stereocenters. The first-order chi connectivity index (χ1) is 13.1. The second kappa shape index (κ2) is 8.66. The van der Waals surface area contributed by atoms with Crippen LogP contribution in [0.2, 0.25) is 0 Å². The number of rotatable bonds is 6. The molecule has 1 fully saturated rings. The van der Waals surface area contributed by atoms with Crippen LogP contribution in [-0.4, -0.2) is 41.1 Å². The van der Waals surface area contributed by atoms with E-state index in [1.807, 2.05) is 0 Å². The van der Waals surface area contributed by atoms with Crippen molar-refractivity contribution in [3.63, 3.8) is 0 Å². The number of nitrogens with zero attached hydrogens (tertiary/aromatic N) is 2. The third-order valence-electron chi connectivity index (χ3n) is 4.60. The number of carbonyl (C=O) groups is 2. The van der Waals surface area contributed by atoms with Crippen LogP contribution in [0.1, 0.15) is 49.5 Å². The van der Waals surface area contributed by atoms with Gasteiger partial charge in [0.15, 0.2) is 17.2 Å². The average Bonchev–Trinajstić information content (AvgIpc) is 3.19.